The number of anilines is 1. The van der Waals surface area contributed by atoms with Gasteiger partial charge in [-0.25, -0.2) is 13.4 Å². The van der Waals surface area contributed by atoms with Crippen LogP contribution >= 0.6 is 35.3 Å². The van der Waals surface area contributed by atoms with Crippen LogP contribution in [0, 0.1) is 0 Å². The Morgan fingerprint density at radius 2 is 1.96 bits per heavy atom. The molecule has 0 atom stereocenters. The SMILES string of the molecule is Cn1c(S)c(N=Nc2ccc(S(=O)(=O)Nc3nccs3)cc2)sc1=O. The third-order valence-corrected chi connectivity index (χ3v) is 6.78. The van der Waals surface area contributed by atoms with E-state index in [0.29, 0.717) is 20.8 Å². The Kier molecular flexibility index (Phi) is 5.03. The van der Waals surface area contributed by atoms with Crippen LogP contribution in [0.5, 0.6) is 0 Å². The van der Waals surface area contributed by atoms with Crippen molar-refractivity contribution in [2.24, 2.45) is 17.3 Å². The molecule has 25 heavy (non-hydrogen) atoms. The van der Waals surface area contributed by atoms with Crippen LogP contribution in [-0.2, 0) is 17.1 Å². The molecule has 3 aromatic rings. The van der Waals surface area contributed by atoms with Gasteiger partial charge in [0.25, 0.3) is 10.0 Å². The lowest BCUT2D eigenvalue weighted by Gasteiger charge is -2.04. The molecule has 1 N–H and O–H groups in total. The van der Waals surface area contributed by atoms with Gasteiger partial charge in [0, 0.05) is 18.6 Å². The Bertz CT molecular complexity index is 1070. The summed E-state index contributed by atoms with van der Waals surface area (Å²) in [6, 6.07) is 5.87. The van der Waals surface area contributed by atoms with Gasteiger partial charge in [0.1, 0.15) is 5.03 Å². The first kappa shape index (κ1) is 17.8. The van der Waals surface area contributed by atoms with Crippen LogP contribution in [-0.4, -0.2) is 18.0 Å². The number of nitrogens with zero attached hydrogens (tertiary/aromatic N) is 4. The Morgan fingerprint density at radius 3 is 2.52 bits per heavy atom. The zero-order chi connectivity index (χ0) is 18.0. The maximum absolute atomic E-state index is 12.2. The molecule has 0 saturated carbocycles. The molecule has 2 heterocycles. The van der Waals surface area contributed by atoms with E-state index in [9.17, 15) is 13.2 Å². The highest BCUT2D eigenvalue weighted by Gasteiger charge is 2.15. The number of rotatable bonds is 5. The molecule has 0 fully saturated rings. The number of sulfonamides is 1. The van der Waals surface area contributed by atoms with Crippen LogP contribution in [0.2, 0.25) is 0 Å². The Balaban J connectivity index is 1.79. The summed E-state index contributed by atoms with van der Waals surface area (Å²) in [5.41, 5.74) is 0.449. The van der Waals surface area contributed by atoms with Gasteiger partial charge in [-0.1, -0.05) is 11.3 Å². The van der Waals surface area contributed by atoms with Crippen LogP contribution in [0.25, 0.3) is 0 Å². The molecular formula is C13H11N5O3S4. The second-order valence-electron chi connectivity index (χ2n) is 4.69. The highest BCUT2D eigenvalue weighted by Crippen LogP contribution is 2.28. The standard InChI is InChI=1S/C13H11N5O3S4/c1-18-11(22)10(24-13(18)19)16-15-8-2-4-9(5-3-8)25(20,21)17-12-14-6-7-23-12/h2-7,22H,1H3,(H,14,17). The minimum Gasteiger partial charge on any atom is -0.295 e. The summed E-state index contributed by atoms with van der Waals surface area (Å²) in [5, 5.41) is 10.8. The quantitative estimate of drug-likeness (QED) is 0.494. The minimum atomic E-state index is -3.71. The van der Waals surface area contributed by atoms with Gasteiger partial charge in [0.15, 0.2) is 10.1 Å². The molecule has 0 aliphatic carbocycles. The van der Waals surface area contributed by atoms with E-state index in [1.165, 1.54) is 46.4 Å². The van der Waals surface area contributed by atoms with Gasteiger partial charge in [-0.15, -0.1) is 34.2 Å². The molecule has 0 aliphatic heterocycles. The van der Waals surface area contributed by atoms with E-state index in [0.717, 1.165) is 11.3 Å². The number of aromatic nitrogens is 2. The van der Waals surface area contributed by atoms with Crippen molar-refractivity contribution in [2.75, 3.05) is 4.72 Å². The largest absolute Gasteiger partial charge is 0.309 e. The van der Waals surface area contributed by atoms with Crippen LogP contribution in [0.15, 0.2) is 60.8 Å². The first-order valence-corrected chi connectivity index (χ1v) is 10.3. The highest BCUT2D eigenvalue weighted by atomic mass is 32.2. The summed E-state index contributed by atoms with van der Waals surface area (Å²) in [6.45, 7) is 0. The second-order valence-corrected chi connectivity index (χ2v) is 8.63. The smallest absolute Gasteiger partial charge is 0.295 e. The number of hydrogen-bond donors (Lipinski definition) is 2. The van der Waals surface area contributed by atoms with Gasteiger partial charge in [-0.3, -0.25) is 14.1 Å². The van der Waals surface area contributed by atoms with Gasteiger partial charge >= 0.3 is 4.87 Å². The normalized spacial score (nSPS) is 11.9. The maximum atomic E-state index is 12.2. The highest BCUT2D eigenvalue weighted by molar-refractivity contribution is 7.93. The second kappa shape index (κ2) is 7.07. The molecule has 0 aliphatic rings. The summed E-state index contributed by atoms with van der Waals surface area (Å²) < 4.78 is 28.2. The van der Waals surface area contributed by atoms with Crippen molar-refractivity contribution in [3.8, 4) is 0 Å². The molecule has 130 valence electrons. The zero-order valence-electron chi connectivity index (χ0n) is 12.6. The lowest BCUT2D eigenvalue weighted by atomic mass is 10.3. The Hall–Kier alpha value is -2.02. The van der Waals surface area contributed by atoms with Crippen molar-refractivity contribution in [3.63, 3.8) is 0 Å². The van der Waals surface area contributed by atoms with E-state index in [1.807, 2.05) is 0 Å². The average Bonchev–Trinajstić information content (AvgIpc) is 3.17. The third kappa shape index (κ3) is 3.98. The summed E-state index contributed by atoms with van der Waals surface area (Å²) in [6.07, 6.45) is 1.51. The first-order chi connectivity index (χ1) is 11.9. The third-order valence-electron chi connectivity index (χ3n) is 3.02. The van der Waals surface area contributed by atoms with E-state index < -0.39 is 10.0 Å². The van der Waals surface area contributed by atoms with Crippen molar-refractivity contribution < 1.29 is 8.42 Å². The Labute approximate surface area is 156 Å². The van der Waals surface area contributed by atoms with Gasteiger partial charge in [-0.05, 0) is 24.3 Å². The monoisotopic (exact) mass is 413 g/mol. The lowest BCUT2D eigenvalue weighted by Crippen LogP contribution is -2.12. The van der Waals surface area contributed by atoms with E-state index in [4.69, 9.17) is 0 Å². The molecule has 0 radical (unpaired) electrons. The minimum absolute atomic E-state index is 0.0842. The van der Waals surface area contributed by atoms with Crippen LogP contribution < -0.4 is 9.60 Å². The predicted octanol–water partition coefficient (Wildman–Crippen LogP) is 3.41. The molecule has 3 rings (SSSR count). The molecule has 0 unspecified atom stereocenters. The number of azo groups is 1. The molecule has 0 saturated heterocycles. The summed E-state index contributed by atoms with van der Waals surface area (Å²) in [5.74, 6) is 0. The lowest BCUT2D eigenvalue weighted by molar-refractivity contribution is 0.601. The van der Waals surface area contributed by atoms with Crippen molar-refractivity contribution in [1.82, 2.24) is 9.55 Å². The van der Waals surface area contributed by atoms with Crippen LogP contribution in [0.3, 0.4) is 0 Å². The molecule has 1 aromatic carbocycles. The molecule has 8 nitrogen and oxygen atoms in total. The van der Waals surface area contributed by atoms with E-state index in [1.54, 1.807) is 12.4 Å². The van der Waals surface area contributed by atoms with Crippen molar-refractivity contribution >= 4 is 61.1 Å². The van der Waals surface area contributed by atoms with Gasteiger partial charge in [0.2, 0.25) is 0 Å². The average molecular weight is 414 g/mol. The predicted molar refractivity (Wildman–Crippen MR) is 100 cm³/mol. The molecule has 0 bridgehead atoms. The maximum Gasteiger partial charge on any atom is 0.309 e. The molecular weight excluding hydrogens is 402 g/mol. The number of benzene rings is 1. The molecule has 12 heteroatoms. The number of nitrogens with one attached hydrogen (secondary N) is 1. The zero-order valence-corrected chi connectivity index (χ0v) is 16.0. The van der Waals surface area contributed by atoms with E-state index >= 15 is 0 Å². The van der Waals surface area contributed by atoms with Gasteiger partial charge < -0.3 is 0 Å². The summed E-state index contributed by atoms with van der Waals surface area (Å²) in [4.78, 5) is 15.3. The van der Waals surface area contributed by atoms with Gasteiger partial charge in [-0.2, -0.15) is 0 Å². The molecule has 0 spiro atoms. The Morgan fingerprint density at radius 1 is 1.24 bits per heavy atom. The van der Waals surface area contributed by atoms with Crippen molar-refractivity contribution in [1.29, 1.82) is 0 Å². The fourth-order valence-corrected chi connectivity index (χ4v) is 4.57. The summed E-state index contributed by atoms with van der Waals surface area (Å²) in [7, 11) is -2.11. The molecule has 0 amide bonds. The molecule has 2 aromatic heterocycles. The van der Waals surface area contributed by atoms with E-state index in [-0.39, 0.29) is 9.77 Å². The number of thiol groups is 1. The first-order valence-electron chi connectivity index (χ1n) is 6.70. The topological polar surface area (TPSA) is 106 Å². The van der Waals surface area contributed by atoms with Crippen molar-refractivity contribution in [3.05, 3.63) is 45.5 Å². The van der Waals surface area contributed by atoms with Crippen LogP contribution in [0.1, 0.15) is 0 Å². The van der Waals surface area contributed by atoms with Crippen molar-refractivity contribution in [2.45, 2.75) is 9.92 Å². The summed E-state index contributed by atoms with van der Waals surface area (Å²) >= 11 is 6.32. The number of hydrogen-bond acceptors (Lipinski definition) is 9. The van der Waals surface area contributed by atoms with Gasteiger partial charge in [0.05, 0.1) is 10.6 Å². The van der Waals surface area contributed by atoms with Crippen LogP contribution in [0.4, 0.5) is 15.8 Å². The van der Waals surface area contributed by atoms with E-state index in [2.05, 4.69) is 32.6 Å². The number of thiazole rings is 2. The fourth-order valence-electron chi connectivity index (χ4n) is 1.73. The fraction of sp³-hybridized carbons (Fsp3) is 0.0769.